The molecule has 0 spiro atoms. The molecule has 1 unspecified atom stereocenters. The summed E-state index contributed by atoms with van der Waals surface area (Å²) in [6, 6.07) is 12.3. The summed E-state index contributed by atoms with van der Waals surface area (Å²) in [5.74, 6) is 0.811. The van der Waals surface area contributed by atoms with Crippen LogP contribution in [0.5, 0.6) is 11.5 Å². The van der Waals surface area contributed by atoms with Gasteiger partial charge in [0.2, 0.25) is 5.91 Å². The number of hydrogen-bond acceptors (Lipinski definition) is 4. The molecule has 0 fully saturated rings. The molecule has 2 rings (SSSR count). The van der Waals surface area contributed by atoms with Crippen molar-refractivity contribution < 1.29 is 19.1 Å². The number of carbonyl (C=O) groups is 2. The van der Waals surface area contributed by atoms with Crippen LogP contribution in [0.2, 0.25) is 0 Å². The lowest BCUT2D eigenvalue weighted by Crippen LogP contribution is -2.24. The van der Waals surface area contributed by atoms with E-state index in [-0.39, 0.29) is 23.1 Å². The third-order valence-electron chi connectivity index (χ3n) is 5.21. The number of amides is 2. The van der Waals surface area contributed by atoms with Crippen molar-refractivity contribution in [1.29, 1.82) is 0 Å². The fourth-order valence-electron chi connectivity index (χ4n) is 2.87. The first-order chi connectivity index (χ1) is 14.7. The Bertz CT molecular complexity index is 888. The quantitative estimate of drug-likeness (QED) is 0.535. The smallest absolute Gasteiger partial charge is 0.255 e. The first kappa shape index (κ1) is 24.3. The zero-order valence-electron chi connectivity index (χ0n) is 19.4. The van der Waals surface area contributed by atoms with Crippen LogP contribution in [0.4, 0.5) is 11.4 Å². The Morgan fingerprint density at radius 1 is 0.903 bits per heavy atom. The number of benzene rings is 2. The van der Waals surface area contributed by atoms with Gasteiger partial charge in [-0.3, -0.25) is 9.59 Å². The van der Waals surface area contributed by atoms with Crippen molar-refractivity contribution in [3.63, 3.8) is 0 Å². The second-order valence-electron chi connectivity index (χ2n) is 8.55. The topological polar surface area (TPSA) is 76.7 Å². The molecule has 0 saturated heterocycles. The zero-order valence-corrected chi connectivity index (χ0v) is 19.4. The highest BCUT2D eigenvalue weighted by atomic mass is 16.5. The highest BCUT2D eigenvalue weighted by Crippen LogP contribution is 2.38. The van der Waals surface area contributed by atoms with E-state index in [9.17, 15) is 9.59 Å². The lowest BCUT2D eigenvalue weighted by atomic mass is 9.80. The van der Waals surface area contributed by atoms with Gasteiger partial charge in [-0.15, -0.1) is 0 Å². The molecule has 6 heteroatoms. The normalized spacial score (nSPS) is 12.1. The van der Waals surface area contributed by atoms with Crippen LogP contribution in [-0.4, -0.2) is 25.0 Å². The van der Waals surface area contributed by atoms with E-state index in [0.29, 0.717) is 48.1 Å². The van der Waals surface area contributed by atoms with Gasteiger partial charge in [0, 0.05) is 24.1 Å². The van der Waals surface area contributed by atoms with E-state index in [1.54, 1.807) is 36.4 Å². The van der Waals surface area contributed by atoms with Crippen molar-refractivity contribution in [2.45, 2.75) is 48.0 Å². The Morgan fingerprint density at radius 3 is 1.90 bits per heavy atom. The number of ether oxygens (including phenoxy) is 2. The fourth-order valence-corrected chi connectivity index (χ4v) is 2.87. The van der Waals surface area contributed by atoms with Gasteiger partial charge in [0.15, 0.2) is 0 Å². The Kier molecular flexibility index (Phi) is 8.48. The van der Waals surface area contributed by atoms with Crippen molar-refractivity contribution in [2.75, 3.05) is 23.8 Å². The van der Waals surface area contributed by atoms with Crippen LogP contribution < -0.4 is 20.1 Å². The van der Waals surface area contributed by atoms with Gasteiger partial charge >= 0.3 is 0 Å². The molecule has 0 aliphatic heterocycles. The van der Waals surface area contributed by atoms with Gasteiger partial charge in [0.25, 0.3) is 5.91 Å². The molecule has 1 atom stereocenters. The molecule has 168 valence electrons. The number of carbonyl (C=O) groups excluding carboxylic acids is 2. The summed E-state index contributed by atoms with van der Waals surface area (Å²) in [5, 5.41) is 5.84. The molecule has 2 amide bonds. The minimum Gasteiger partial charge on any atom is -0.492 e. The van der Waals surface area contributed by atoms with Crippen LogP contribution in [-0.2, 0) is 4.79 Å². The monoisotopic (exact) mass is 426 g/mol. The average Bonchev–Trinajstić information content (AvgIpc) is 2.71. The third kappa shape index (κ3) is 7.02. The van der Waals surface area contributed by atoms with Crippen molar-refractivity contribution >= 4 is 23.2 Å². The Balaban J connectivity index is 2.31. The van der Waals surface area contributed by atoms with Gasteiger partial charge in [-0.25, -0.2) is 0 Å². The predicted molar refractivity (Wildman–Crippen MR) is 125 cm³/mol. The molecule has 0 aliphatic rings. The molecule has 2 aromatic carbocycles. The number of anilines is 2. The van der Waals surface area contributed by atoms with E-state index in [2.05, 4.69) is 38.3 Å². The Hall–Kier alpha value is -3.02. The van der Waals surface area contributed by atoms with Crippen molar-refractivity contribution in [3.8, 4) is 11.5 Å². The van der Waals surface area contributed by atoms with Gasteiger partial charge in [-0.2, -0.15) is 0 Å². The molecule has 2 aromatic rings. The van der Waals surface area contributed by atoms with E-state index < -0.39 is 0 Å². The summed E-state index contributed by atoms with van der Waals surface area (Å²) in [7, 11) is 0. The van der Waals surface area contributed by atoms with Crippen LogP contribution in [0.15, 0.2) is 42.5 Å². The Labute approximate surface area is 185 Å². The second-order valence-corrected chi connectivity index (χ2v) is 8.55. The molecule has 0 heterocycles. The zero-order chi connectivity index (χ0) is 23.0. The van der Waals surface area contributed by atoms with E-state index >= 15 is 0 Å². The summed E-state index contributed by atoms with van der Waals surface area (Å²) < 4.78 is 11.5. The van der Waals surface area contributed by atoms with Crippen LogP contribution in [0.3, 0.4) is 0 Å². The molecule has 6 nitrogen and oxygen atoms in total. The number of hydrogen-bond donors (Lipinski definition) is 2. The SMILES string of the molecule is CCOc1cc(NC(=O)c2ccccc2)c(OCC)cc1NC(=O)CC(C)C(C)(C)C. The fraction of sp³-hybridized carbons (Fsp3) is 0.440. The number of nitrogens with one attached hydrogen (secondary N) is 2. The van der Waals surface area contributed by atoms with Crippen molar-refractivity contribution in [2.24, 2.45) is 11.3 Å². The lowest BCUT2D eigenvalue weighted by Gasteiger charge is -2.26. The minimum absolute atomic E-state index is 0.0299. The van der Waals surface area contributed by atoms with E-state index in [1.807, 2.05) is 19.9 Å². The molecule has 0 saturated carbocycles. The molecular weight excluding hydrogens is 392 g/mol. The molecule has 0 bridgehead atoms. The summed E-state index contributed by atoms with van der Waals surface area (Å²) in [5.41, 5.74) is 1.58. The maximum absolute atomic E-state index is 12.7. The van der Waals surface area contributed by atoms with E-state index in [4.69, 9.17) is 9.47 Å². The first-order valence-corrected chi connectivity index (χ1v) is 10.8. The van der Waals surface area contributed by atoms with Gasteiger partial charge in [0.1, 0.15) is 11.5 Å². The molecule has 0 aliphatic carbocycles. The Morgan fingerprint density at radius 2 is 1.42 bits per heavy atom. The van der Waals surface area contributed by atoms with Gasteiger partial charge in [-0.1, -0.05) is 45.9 Å². The lowest BCUT2D eigenvalue weighted by molar-refractivity contribution is -0.117. The van der Waals surface area contributed by atoms with Crippen molar-refractivity contribution in [1.82, 2.24) is 0 Å². The molecular formula is C25H34N2O4. The highest BCUT2D eigenvalue weighted by Gasteiger charge is 2.23. The molecule has 31 heavy (non-hydrogen) atoms. The van der Waals surface area contributed by atoms with Gasteiger partial charge < -0.3 is 20.1 Å². The standard InChI is InChI=1S/C25H34N2O4/c1-7-30-21-16-20(27-24(29)18-12-10-9-11-13-18)22(31-8-2)15-19(21)26-23(28)14-17(3)25(4,5)6/h9-13,15-17H,7-8,14H2,1-6H3,(H,26,28)(H,27,29). The maximum atomic E-state index is 12.7. The minimum atomic E-state index is -0.250. The molecule has 2 N–H and O–H groups in total. The highest BCUT2D eigenvalue weighted by molar-refractivity contribution is 6.05. The second kappa shape index (κ2) is 10.8. The average molecular weight is 427 g/mol. The maximum Gasteiger partial charge on any atom is 0.255 e. The summed E-state index contributed by atoms with van der Waals surface area (Å²) in [4.78, 5) is 25.3. The van der Waals surface area contributed by atoms with Crippen LogP contribution in [0.1, 0.15) is 58.3 Å². The summed E-state index contributed by atoms with van der Waals surface area (Å²) in [6.07, 6.45) is 0.394. The van der Waals surface area contributed by atoms with Crippen molar-refractivity contribution in [3.05, 3.63) is 48.0 Å². The van der Waals surface area contributed by atoms with Gasteiger partial charge in [0.05, 0.1) is 24.6 Å². The largest absolute Gasteiger partial charge is 0.492 e. The molecule has 0 radical (unpaired) electrons. The predicted octanol–water partition coefficient (Wildman–Crippen LogP) is 5.75. The van der Waals surface area contributed by atoms with Crippen LogP contribution in [0.25, 0.3) is 0 Å². The van der Waals surface area contributed by atoms with E-state index in [1.165, 1.54) is 0 Å². The molecule has 0 aromatic heterocycles. The number of rotatable bonds is 9. The van der Waals surface area contributed by atoms with Gasteiger partial charge in [-0.05, 0) is 37.3 Å². The summed E-state index contributed by atoms with van der Waals surface area (Å²) >= 11 is 0. The van der Waals surface area contributed by atoms with Crippen LogP contribution in [0, 0.1) is 11.3 Å². The third-order valence-corrected chi connectivity index (χ3v) is 5.21. The first-order valence-electron chi connectivity index (χ1n) is 10.8. The van der Waals surface area contributed by atoms with Crippen LogP contribution >= 0.6 is 0 Å². The van der Waals surface area contributed by atoms with E-state index in [0.717, 1.165) is 0 Å². The summed E-state index contributed by atoms with van der Waals surface area (Å²) in [6.45, 7) is 13.0.